The van der Waals surface area contributed by atoms with E-state index in [0.717, 1.165) is 10.7 Å². The van der Waals surface area contributed by atoms with Crippen molar-refractivity contribution in [2.75, 3.05) is 19.1 Å². The fourth-order valence-electron chi connectivity index (χ4n) is 2.25. The zero-order chi connectivity index (χ0) is 17.6. The molecule has 8 heteroatoms. The normalized spacial score (nSPS) is 10.5. The lowest BCUT2D eigenvalue weighted by Crippen LogP contribution is -2.27. The Balaban J connectivity index is 1.78. The van der Waals surface area contributed by atoms with Crippen molar-refractivity contribution in [2.45, 2.75) is 10.9 Å². The molecule has 0 bridgehead atoms. The van der Waals surface area contributed by atoms with Gasteiger partial charge >= 0.3 is 0 Å². The van der Waals surface area contributed by atoms with E-state index >= 15 is 0 Å². The number of aromatic nitrogens is 4. The lowest BCUT2D eigenvalue weighted by atomic mass is 10.1. The number of H-pyrrole nitrogens is 1. The monoisotopic (exact) mass is 355 g/mol. The summed E-state index contributed by atoms with van der Waals surface area (Å²) in [7, 11) is 3.28. The highest BCUT2D eigenvalue weighted by Crippen LogP contribution is 2.23. The van der Waals surface area contributed by atoms with Crippen molar-refractivity contribution in [3.05, 3.63) is 60.0 Å². The summed E-state index contributed by atoms with van der Waals surface area (Å²) < 4.78 is 5.05. The number of nitrogens with zero attached hydrogens (tertiary/aromatic N) is 4. The van der Waals surface area contributed by atoms with E-state index in [1.54, 1.807) is 37.4 Å². The van der Waals surface area contributed by atoms with Gasteiger partial charge in [-0.1, -0.05) is 30.0 Å². The van der Waals surface area contributed by atoms with E-state index in [9.17, 15) is 4.79 Å². The summed E-state index contributed by atoms with van der Waals surface area (Å²) >= 11 is 1.50. The van der Waals surface area contributed by atoms with E-state index in [-0.39, 0.29) is 5.91 Å². The average Bonchev–Trinajstić information content (AvgIpc) is 3.19. The predicted octanol–water partition coefficient (Wildman–Crippen LogP) is 2.78. The minimum Gasteiger partial charge on any atom is -0.481 e. The molecule has 2 aromatic heterocycles. The van der Waals surface area contributed by atoms with Crippen LogP contribution in [0.2, 0.25) is 0 Å². The Morgan fingerprint density at radius 3 is 2.76 bits per heavy atom. The van der Waals surface area contributed by atoms with Crippen molar-refractivity contribution in [3.8, 4) is 5.88 Å². The van der Waals surface area contributed by atoms with Gasteiger partial charge in [-0.25, -0.2) is 9.97 Å². The van der Waals surface area contributed by atoms with Crippen LogP contribution in [0.4, 0.5) is 5.69 Å². The molecule has 0 fully saturated rings. The van der Waals surface area contributed by atoms with Crippen LogP contribution in [0, 0.1) is 0 Å². The van der Waals surface area contributed by atoms with Crippen molar-refractivity contribution < 1.29 is 9.53 Å². The number of rotatable bonds is 6. The van der Waals surface area contributed by atoms with Gasteiger partial charge in [-0.3, -0.25) is 9.89 Å². The summed E-state index contributed by atoms with van der Waals surface area (Å²) in [5.74, 6) is 1.03. The number of hydrogen-bond donors (Lipinski definition) is 1. The molecular weight excluding hydrogens is 338 g/mol. The second kappa shape index (κ2) is 7.80. The number of aromatic amines is 1. The Hall–Kier alpha value is -2.87. The van der Waals surface area contributed by atoms with Crippen LogP contribution in [0.25, 0.3) is 0 Å². The third kappa shape index (κ3) is 3.97. The van der Waals surface area contributed by atoms with Crippen LogP contribution >= 0.6 is 11.8 Å². The first-order valence-electron chi connectivity index (χ1n) is 7.53. The number of pyridine rings is 1. The standard InChI is InChI=1S/C17H17N5O2S/c1-22(13-7-8-15(24-2)18-9-13)16(23)14-6-4-3-5-12(14)10-25-17-19-11-20-21-17/h3-9,11H,10H2,1-2H3,(H,19,20,21). The van der Waals surface area contributed by atoms with Crippen LogP contribution in [0.5, 0.6) is 5.88 Å². The Bertz CT molecular complexity index is 837. The molecule has 0 saturated carbocycles. The lowest BCUT2D eigenvalue weighted by Gasteiger charge is -2.19. The highest BCUT2D eigenvalue weighted by atomic mass is 32.2. The fourth-order valence-corrected chi connectivity index (χ4v) is 3.04. The van der Waals surface area contributed by atoms with Crippen molar-refractivity contribution in [1.82, 2.24) is 20.2 Å². The first-order chi connectivity index (χ1) is 12.2. The average molecular weight is 355 g/mol. The summed E-state index contributed by atoms with van der Waals surface area (Å²) in [5, 5.41) is 7.34. The number of ether oxygens (including phenoxy) is 1. The van der Waals surface area contributed by atoms with Gasteiger partial charge in [0.2, 0.25) is 5.88 Å². The largest absolute Gasteiger partial charge is 0.481 e. The Morgan fingerprint density at radius 1 is 1.24 bits per heavy atom. The molecule has 3 rings (SSSR count). The van der Waals surface area contributed by atoms with Gasteiger partial charge < -0.3 is 9.64 Å². The van der Waals surface area contributed by atoms with Crippen molar-refractivity contribution in [2.24, 2.45) is 0 Å². The Morgan fingerprint density at radius 2 is 2.08 bits per heavy atom. The minimum absolute atomic E-state index is 0.0965. The number of thioether (sulfide) groups is 1. The van der Waals surface area contributed by atoms with Gasteiger partial charge in [0, 0.05) is 24.4 Å². The maximum atomic E-state index is 12.9. The number of anilines is 1. The molecule has 0 radical (unpaired) electrons. The summed E-state index contributed by atoms with van der Waals surface area (Å²) in [6.07, 6.45) is 3.08. The molecule has 1 amide bonds. The van der Waals surface area contributed by atoms with Crippen LogP contribution < -0.4 is 9.64 Å². The molecule has 0 aliphatic rings. The van der Waals surface area contributed by atoms with Gasteiger partial charge in [0.15, 0.2) is 5.16 Å². The SMILES string of the molecule is COc1ccc(N(C)C(=O)c2ccccc2CSc2ncn[nH]2)cn1. The smallest absolute Gasteiger partial charge is 0.258 e. The van der Waals surface area contributed by atoms with Gasteiger partial charge in [0.25, 0.3) is 5.91 Å². The van der Waals surface area contributed by atoms with E-state index in [1.165, 1.54) is 18.1 Å². The number of carbonyl (C=O) groups excluding carboxylic acids is 1. The predicted molar refractivity (Wildman–Crippen MR) is 95.9 cm³/mol. The second-order valence-corrected chi connectivity index (χ2v) is 6.12. The van der Waals surface area contributed by atoms with Gasteiger partial charge in [-0.05, 0) is 17.7 Å². The van der Waals surface area contributed by atoms with Gasteiger partial charge in [-0.2, -0.15) is 5.10 Å². The number of amides is 1. The number of carbonyl (C=O) groups is 1. The molecule has 3 aromatic rings. The molecule has 1 N–H and O–H groups in total. The molecule has 7 nitrogen and oxygen atoms in total. The minimum atomic E-state index is -0.0965. The van der Waals surface area contributed by atoms with Crippen LogP contribution in [0.3, 0.4) is 0 Å². The topological polar surface area (TPSA) is 84.0 Å². The van der Waals surface area contributed by atoms with E-state index in [4.69, 9.17) is 4.74 Å². The molecule has 0 unspecified atom stereocenters. The molecule has 0 saturated heterocycles. The fraction of sp³-hybridized carbons (Fsp3) is 0.176. The zero-order valence-electron chi connectivity index (χ0n) is 13.8. The van der Waals surface area contributed by atoms with Gasteiger partial charge in [0.05, 0.1) is 19.0 Å². The van der Waals surface area contributed by atoms with E-state index < -0.39 is 0 Å². The number of benzene rings is 1. The lowest BCUT2D eigenvalue weighted by molar-refractivity contribution is 0.0992. The first kappa shape index (κ1) is 17.0. The van der Waals surface area contributed by atoms with Crippen LogP contribution in [-0.4, -0.2) is 40.2 Å². The molecule has 25 heavy (non-hydrogen) atoms. The second-order valence-electron chi connectivity index (χ2n) is 5.16. The van der Waals surface area contributed by atoms with E-state index in [0.29, 0.717) is 22.9 Å². The Kier molecular flexibility index (Phi) is 5.30. The maximum Gasteiger partial charge on any atom is 0.258 e. The van der Waals surface area contributed by atoms with E-state index in [1.807, 2.05) is 24.3 Å². The molecule has 2 heterocycles. The molecule has 0 aliphatic heterocycles. The van der Waals surface area contributed by atoms with Gasteiger partial charge in [-0.15, -0.1) is 0 Å². The maximum absolute atomic E-state index is 12.9. The summed E-state index contributed by atoms with van der Waals surface area (Å²) in [6, 6.07) is 11.1. The number of nitrogens with one attached hydrogen (secondary N) is 1. The highest BCUT2D eigenvalue weighted by Gasteiger charge is 2.17. The van der Waals surface area contributed by atoms with E-state index in [2.05, 4.69) is 20.2 Å². The zero-order valence-corrected chi connectivity index (χ0v) is 14.7. The molecule has 0 spiro atoms. The van der Waals surface area contributed by atoms with Gasteiger partial charge in [0.1, 0.15) is 6.33 Å². The van der Waals surface area contributed by atoms with Crippen molar-refractivity contribution in [1.29, 1.82) is 0 Å². The molecule has 0 aliphatic carbocycles. The van der Waals surface area contributed by atoms with Crippen LogP contribution in [0.15, 0.2) is 54.1 Å². The first-order valence-corrected chi connectivity index (χ1v) is 8.52. The number of methoxy groups -OCH3 is 1. The summed E-state index contributed by atoms with van der Waals surface area (Å²) in [6.45, 7) is 0. The van der Waals surface area contributed by atoms with Crippen LogP contribution in [-0.2, 0) is 5.75 Å². The highest BCUT2D eigenvalue weighted by molar-refractivity contribution is 7.98. The third-order valence-corrected chi connectivity index (χ3v) is 4.55. The molecule has 0 atom stereocenters. The van der Waals surface area contributed by atoms with Crippen molar-refractivity contribution in [3.63, 3.8) is 0 Å². The molecule has 1 aromatic carbocycles. The Labute approximate surface area is 149 Å². The summed E-state index contributed by atoms with van der Waals surface area (Å²) in [4.78, 5) is 22.7. The van der Waals surface area contributed by atoms with Crippen molar-refractivity contribution >= 4 is 23.4 Å². The molecular formula is C17H17N5O2S. The number of hydrogen-bond acceptors (Lipinski definition) is 6. The summed E-state index contributed by atoms with van der Waals surface area (Å²) in [5.41, 5.74) is 2.28. The quantitative estimate of drug-likeness (QED) is 0.685. The van der Waals surface area contributed by atoms with Crippen LogP contribution in [0.1, 0.15) is 15.9 Å². The molecule has 128 valence electrons. The third-order valence-electron chi connectivity index (χ3n) is 3.63.